The quantitative estimate of drug-likeness (QED) is 0.734. The lowest BCUT2D eigenvalue weighted by Gasteiger charge is -2.26. The molecule has 1 aromatic heterocycles. The predicted octanol–water partition coefficient (Wildman–Crippen LogP) is 2.38. The molecule has 0 saturated carbocycles. The van der Waals surface area contributed by atoms with E-state index < -0.39 is 12.7 Å². The van der Waals surface area contributed by atoms with Crippen molar-refractivity contribution in [2.45, 2.75) is 18.6 Å². The molecule has 0 bridgehead atoms. The van der Waals surface area contributed by atoms with Gasteiger partial charge in [-0.15, -0.1) is 0 Å². The van der Waals surface area contributed by atoms with Crippen molar-refractivity contribution in [3.8, 4) is 0 Å². The van der Waals surface area contributed by atoms with Gasteiger partial charge in [0.1, 0.15) is 12.4 Å². The van der Waals surface area contributed by atoms with E-state index in [1.54, 1.807) is 6.20 Å². The second-order valence-electron chi connectivity index (χ2n) is 7.39. The molecule has 0 radical (unpaired) electrons. The molecule has 26 heavy (non-hydrogen) atoms. The number of amides is 1. The fourth-order valence-corrected chi connectivity index (χ4v) is 4.70. The summed E-state index contributed by atoms with van der Waals surface area (Å²) in [7, 11) is 0. The van der Waals surface area contributed by atoms with Crippen molar-refractivity contribution in [3.63, 3.8) is 0 Å². The fourth-order valence-electron chi connectivity index (χ4n) is 4.46. The molecule has 3 atom stereocenters. The highest BCUT2D eigenvalue weighted by Crippen LogP contribution is 2.36. The topological polar surface area (TPSA) is 39.7 Å². The Balaban J connectivity index is 1.35. The Kier molecular flexibility index (Phi) is 4.63. The molecule has 1 amide bonds. The van der Waals surface area contributed by atoms with Gasteiger partial charge >= 0.3 is 6.18 Å². The number of rotatable bonds is 3. The van der Waals surface area contributed by atoms with Gasteiger partial charge in [0.05, 0.1) is 6.04 Å². The minimum absolute atomic E-state index is 0.198. The van der Waals surface area contributed by atoms with Crippen LogP contribution in [-0.4, -0.2) is 72.2 Å². The van der Waals surface area contributed by atoms with E-state index in [2.05, 4.69) is 30.7 Å². The molecule has 0 aliphatic carbocycles. The van der Waals surface area contributed by atoms with E-state index in [0.29, 0.717) is 18.3 Å². The minimum atomic E-state index is -4.33. The van der Waals surface area contributed by atoms with Crippen LogP contribution in [0.5, 0.6) is 0 Å². The molecule has 3 fully saturated rings. The van der Waals surface area contributed by atoms with Crippen LogP contribution in [0.1, 0.15) is 6.42 Å². The number of halogens is 4. The third kappa shape index (κ3) is 3.55. The SMILES string of the molecule is O=C1C(N2CC3CN(c4ccc(Br)cn4)CC3C2)CCN1CC(F)(F)F. The Morgan fingerprint density at radius 1 is 1.15 bits per heavy atom. The highest BCUT2D eigenvalue weighted by Gasteiger charge is 2.47. The van der Waals surface area contributed by atoms with E-state index in [9.17, 15) is 18.0 Å². The maximum atomic E-state index is 12.6. The zero-order chi connectivity index (χ0) is 18.5. The van der Waals surface area contributed by atoms with Crippen molar-refractivity contribution in [1.82, 2.24) is 14.8 Å². The van der Waals surface area contributed by atoms with Crippen molar-refractivity contribution < 1.29 is 18.0 Å². The summed E-state index contributed by atoms with van der Waals surface area (Å²) in [6.45, 7) is 2.36. The largest absolute Gasteiger partial charge is 0.406 e. The maximum Gasteiger partial charge on any atom is 0.406 e. The highest BCUT2D eigenvalue weighted by atomic mass is 79.9. The second-order valence-corrected chi connectivity index (χ2v) is 8.31. The molecular formula is C17H20BrF3N4O. The Morgan fingerprint density at radius 2 is 1.85 bits per heavy atom. The van der Waals surface area contributed by atoms with E-state index in [1.807, 2.05) is 12.1 Å². The molecule has 3 unspecified atom stereocenters. The molecule has 1 aromatic rings. The predicted molar refractivity (Wildman–Crippen MR) is 93.7 cm³/mol. The van der Waals surface area contributed by atoms with Crippen molar-refractivity contribution in [2.24, 2.45) is 11.8 Å². The van der Waals surface area contributed by atoms with E-state index in [4.69, 9.17) is 0 Å². The normalized spacial score (nSPS) is 29.7. The Hall–Kier alpha value is -1.35. The number of fused-ring (bicyclic) bond motifs is 1. The molecule has 0 aromatic carbocycles. The van der Waals surface area contributed by atoms with Crippen molar-refractivity contribution in [3.05, 3.63) is 22.8 Å². The lowest BCUT2D eigenvalue weighted by atomic mass is 10.0. The summed E-state index contributed by atoms with van der Waals surface area (Å²) in [6, 6.07) is 3.57. The number of alkyl halides is 3. The summed E-state index contributed by atoms with van der Waals surface area (Å²) >= 11 is 3.38. The average Bonchev–Trinajstić information content (AvgIpc) is 3.21. The molecular weight excluding hydrogens is 413 g/mol. The lowest BCUT2D eigenvalue weighted by Crippen LogP contribution is -2.44. The van der Waals surface area contributed by atoms with Crippen LogP contribution in [0.15, 0.2) is 22.8 Å². The van der Waals surface area contributed by atoms with E-state index >= 15 is 0 Å². The van der Waals surface area contributed by atoms with E-state index in [1.165, 1.54) is 0 Å². The van der Waals surface area contributed by atoms with Crippen LogP contribution in [0.4, 0.5) is 19.0 Å². The number of carbonyl (C=O) groups excluding carboxylic acids is 1. The molecule has 9 heteroatoms. The first-order valence-corrected chi connectivity index (χ1v) is 9.55. The van der Waals surface area contributed by atoms with Crippen molar-refractivity contribution in [1.29, 1.82) is 0 Å². The van der Waals surface area contributed by atoms with Gasteiger partial charge in [0.25, 0.3) is 0 Å². The zero-order valence-electron chi connectivity index (χ0n) is 14.1. The Morgan fingerprint density at radius 3 is 2.42 bits per heavy atom. The summed E-state index contributed by atoms with van der Waals surface area (Å²) < 4.78 is 38.7. The number of pyridine rings is 1. The monoisotopic (exact) mass is 432 g/mol. The minimum Gasteiger partial charge on any atom is -0.356 e. The Bertz CT molecular complexity index is 670. The molecule has 4 rings (SSSR count). The van der Waals surface area contributed by atoms with E-state index in [-0.39, 0.29) is 18.5 Å². The highest BCUT2D eigenvalue weighted by molar-refractivity contribution is 9.10. The van der Waals surface area contributed by atoms with Crippen LogP contribution in [0.2, 0.25) is 0 Å². The molecule has 0 N–H and O–H groups in total. The van der Waals surface area contributed by atoms with Gasteiger partial charge in [0.2, 0.25) is 5.91 Å². The van der Waals surface area contributed by atoms with Crippen LogP contribution >= 0.6 is 15.9 Å². The van der Waals surface area contributed by atoms with Crippen LogP contribution < -0.4 is 4.90 Å². The molecule has 142 valence electrons. The van der Waals surface area contributed by atoms with Gasteiger partial charge in [-0.25, -0.2) is 4.98 Å². The molecule has 3 aliphatic heterocycles. The van der Waals surface area contributed by atoms with Gasteiger partial charge in [-0.2, -0.15) is 13.2 Å². The fraction of sp³-hybridized carbons (Fsp3) is 0.647. The van der Waals surface area contributed by atoms with Gasteiger partial charge in [-0.1, -0.05) is 0 Å². The van der Waals surface area contributed by atoms with Gasteiger partial charge in [-0.3, -0.25) is 9.69 Å². The number of carbonyl (C=O) groups is 1. The van der Waals surface area contributed by atoms with Crippen LogP contribution in [0, 0.1) is 11.8 Å². The van der Waals surface area contributed by atoms with Crippen LogP contribution in [0.25, 0.3) is 0 Å². The molecule has 4 heterocycles. The number of likely N-dealkylation sites (tertiary alicyclic amines) is 2. The average molecular weight is 433 g/mol. The van der Waals surface area contributed by atoms with Crippen LogP contribution in [-0.2, 0) is 4.79 Å². The standard InChI is InChI=1S/C17H20BrF3N4O/c18-13-1-2-15(22-5-13)25-8-11-6-24(7-12(11)9-25)14-3-4-23(16(14)26)10-17(19,20)21/h1-2,5,11-12,14H,3-4,6-10H2. The lowest BCUT2D eigenvalue weighted by molar-refractivity contribution is -0.159. The summed E-state index contributed by atoms with van der Waals surface area (Å²) in [6.07, 6.45) is -2.06. The first-order chi connectivity index (χ1) is 12.3. The number of hydrogen-bond donors (Lipinski definition) is 0. The van der Waals surface area contributed by atoms with Gasteiger partial charge < -0.3 is 9.80 Å². The molecule has 3 aliphatic rings. The third-order valence-electron chi connectivity index (χ3n) is 5.63. The summed E-state index contributed by atoms with van der Waals surface area (Å²) in [5.74, 6) is 1.45. The van der Waals surface area contributed by atoms with Gasteiger partial charge in [0.15, 0.2) is 0 Å². The number of hydrogen-bond acceptors (Lipinski definition) is 4. The van der Waals surface area contributed by atoms with E-state index in [0.717, 1.165) is 41.4 Å². The molecule has 0 spiro atoms. The smallest absolute Gasteiger partial charge is 0.356 e. The summed E-state index contributed by atoms with van der Waals surface area (Å²) in [5, 5.41) is 0. The maximum absolute atomic E-state index is 12.6. The van der Waals surface area contributed by atoms with Gasteiger partial charge in [0, 0.05) is 43.4 Å². The second kappa shape index (κ2) is 6.67. The van der Waals surface area contributed by atoms with Crippen LogP contribution in [0.3, 0.4) is 0 Å². The summed E-state index contributed by atoms with van der Waals surface area (Å²) in [5.41, 5.74) is 0. The van der Waals surface area contributed by atoms with Crippen molar-refractivity contribution in [2.75, 3.05) is 44.2 Å². The molecule has 3 saturated heterocycles. The Labute approximate surface area is 158 Å². The first-order valence-electron chi connectivity index (χ1n) is 8.76. The van der Waals surface area contributed by atoms with Gasteiger partial charge in [-0.05, 0) is 46.3 Å². The third-order valence-corrected chi connectivity index (χ3v) is 6.10. The summed E-state index contributed by atoms with van der Waals surface area (Å²) in [4.78, 5) is 22.1. The number of nitrogens with zero attached hydrogens (tertiary/aromatic N) is 4. The zero-order valence-corrected chi connectivity index (χ0v) is 15.7. The van der Waals surface area contributed by atoms with Crippen molar-refractivity contribution >= 4 is 27.7 Å². The first kappa shape index (κ1) is 18.0. The number of anilines is 1. The number of aromatic nitrogens is 1. The molecule has 5 nitrogen and oxygen atoms in total.